The number of benzene rings is 1. The van der Waals surface area contributed by atoms with Crippen LogP contribution in [0.4, 0.5) is 4.39 Å². The number of allylic oxidation sites excluding steroid dienone is 1. The maximum atomic E-state index is 13.6. The number of aliphatic imine (C=N–C) groups is 1. The minimum atomic E-state index is -0.324. The average molecular weight is 348 g/mol. The molecule has 0 radical (unpaired) electrons. The van der Waals surface area contributed by atoms with Crippen LogP contribution in [0.2, 0.25) is 0 Å². The van der Waals surface area contributed by atoms with Crippen molar-refractivity contribution in [3.63, 3.8) is 0 Å². The lowest BCUT2D eigenvalue weighted by molar-refractivity contribution is 0.163. The molecule has 2 aliphatic heterocycles. The molecule has 0 bridgehead atoms. The minimum Gasteiger partial charge on any atom is -0.487 e. The van der Waals surface area contributed by atoms with E-state index in [2.05, 4.69) is 38.8 Å². The van der Waals surface area contributed by atoms with Gasteiger partial charge in [0.05, 0.1) is 5.71 Å². The normalized spacial score (nSPS) is 21.9. The summed E-state index contributed by atoms with van der Waals surface area (Å²) in [6.07, 6.45) is 3.21. The molecule has 3 rings (SSSR count). The third-order valence-electron chi connectivity index (χ3n) is 4.71. The van der Waals surface area contributed by atoms with Crippen LogP contribution in [0.3, 0.4) is 0 Å². The van der Waals surface area contributed by atoms with Crippen molar-refractivity contribution in [1.82, 2.24) is 4.90 Å². The van der Waals surface area contributed by atoms with E-state index in [0.29, 0.717) is 18.4 Å². The Morgan fingerprint density at radius 3 is 2.83 bits per heavy atom. The van der Waals surface area contributed by atoms with E-state index in [-0.39, 0.29) is 16.6 Å². The fraction of sp³-hybridized carbons (Fsp3) is 0.526. The van der Waals surface area contributed by atoms with Crippen molar-refractivity contribution in [1.29, 1.82) is 0 Å². The van der Waals surface area contributed by atoms with Crippen LogP contribution in [0, 0.1) is 11.2 Å². The molecule has 3 nitrogen and oxygen atoms in total. The van der Waals surface area contributed by atoms with Crippen LogP contribution in [-0.2, 0) is 0 Å². The van der Waals surface area contributed by atoms with Crippen LogP contribution in [0.15, 0.2) is 40.4 Å². The Morgan fingerprint density at radius 2 is 2.12 bits per heavy atom. The van der Waals surface area contributed by atoms with Gasteiger partial charge in [-0.1, -0.05) is 44.7 Å². The van der Waals surface area contributed by atoms with Crippen LogP contribution in [0.25, 0.3) is 0 Å². The number of nitrogens with zero attached hydrogens (tertiary/aromatic N) is 2. The molecule has 1 aromatic rings. The first-order valence-electron chi connectivity index (χ1n) is 8.43. The molecule has 24 heavy (non-hydrogen) atoms. The highest BCUT2D eigenvalue weighted by atomic mass is 32.2. The Balaban J connectivity index is 1.63. The maximum Gasteiger partial charge on any atom is 0.165 e. The van der Waals surface area contributed by atoms with Gasteiger partial charge < -0.3 is 9.64 Å². The summed E-state index contributed by atoms with van der Waals surface area (Å²) in [7, 11) is 0. The van der Waals surface area contributed by atoms with E-state index in [9.17, 15) is 4.39 Å². The fourth-order valence-corrected chi connectivity index (χ4v) is 3.91. The second-order valence-corrected chi connectivity index (χ2v) is 8.63. The van der Waals surface area contributed by atoms with Gasteiger partial charge in [0.1, 0.15) is 12.0 Å². The zero-order valence-corrected chi connectivity index (χ0v) is 15.6. The van der Waals surface area contributed by atoms with Crippen LogP contribution in [0.1, 0.15) is 34.1 Å². The Labute approximate surface area is 148 Å². The van der Waals surface area contributed by atoms with Crippen LogP contribution < -0.4 is 4.74 Å². The van der Waals surface area contributed by atoms with Gasteiger partial charge in [-0.15, -0.1) is 0 Å². The van der Waals surface area contributed by atoms with Crippen molar-refractivity contribution in [2.45, 2.75) is 45.5 Å². The second kappa shape index (κ2) is 6.79. The number of rotatable bonds is 4. The average Bonchev–Trinajstić information content (AvgIpc) is 2.94. The first-order chi connectivity index (χ1) is 11.3. The van der Waals surface area contributed by atoms with Gasteiger partial charge in [0, 0.05) is 30.1 Å². The van der Waals surface area contributed by atoms with Gasteiger partial charge in [0.15, 0.2) is 11.6 Å². The van der Waals surface area contributed by atoms with E-state index in [1.165, 1.54) is 16.7 Å². The summed E-state index contributed by atoms with van der Waals surface area (Å²) < 4.78 is 19.2. The standard InChI is InChI=1S/C19H25FN2OS/c1-13(19(2,3)4)22-10-9-15-17(11-22)24-18(21-15)12-23-16-8-6-5-7-14(16)20/h5-8,11,13,18H,9-10,12H2,1-4H3/t13-,18?/m1/s1. The molecule has 0 fully saturated rings. The predicted molar refractivity (Wildman–Crippen MR) is 99.0 cm³/mol. The summed E-state index contributed by atoms with van der Waals surface area (Å²) in [5.74, 6) is -0.0277. The van der Waals surface area contributed by atoms with Gasteiger partial charge in [-0.2, -0.15) is 0 Å². The Morgan fingerprint density at radius 1 is 1.38 bits per heavy atom. The van der Waals surface area contributed by atoms with Gasteiger partial charge in [-0.3, -0.25) is 4.99 Å². The summed E-state index contributed by atoms with van der Waals surface area (Å²) in [4.78, 5) is 8.40. The Kier molecular flexibility index (Phi) is 4.90. The molecule has 5 heteroatoms. The SMILES string of the molecule is C[C@@H](N1C=C2SC(COc3ccccc3F)N=C2CC1)C(C)(C)C. The second-order valence-electron chi connectivity index (χ2n) is 7.41. The van der Waals surface area contributed by atoms with Crippen LogP contribution >= 0.6 is 11.8 Å². The largest absolute Gasteiger partial charge is 0.487 e. The Bertz CT molecular complexity index is 666. The minimum absolute atomic E-state index is 0.00995. The maximum absolute atomic E-state index is 13.6. The van der Waals surface area contributed by atoms with Crippen molar-refractivity contribution < 1.29 is 9.13 Å². The first-order valence-corrected chi connectivity index (χ1v) is 9.31. The van der Waals surface area contributed by atoms with Crippen molar-refractivity contribution in [2.75, 3.05) is 13.2 Å². The van der Waals surface area contributed by atoms with Crippen molar-refractivity contribution in [3.05, 3.63) is 41.2 Å². The zero-order valence-electron chi connectivity index (χ0n) is 14.8. The van der Waals surface area contributed by atoms with E-state index in [1.807, 2.05) is 0 Å². The molecule has 0 aliphatic carbocycles. The van der Waals surface area contributed by atoms with E-state index in [1.54, 1.807) is 30.0 Å². The highest BCUT2D eigenvalue weighted by molar-refractivity contribution is 8.05. The molecule has 0 saturated heterocycles. The third kappa shape index (κ3) is 3.77. The number of fused-ring (bicyclic) bond motifs is 1. The van der Waals surface area contributed by atoms with E-state index in [4.69, 9.17) is 9.73 Å². The third-order valence-corrected chi connectivity index (χ3v) is 5.81. The quantitative estimate of drug-likeness (QED) is 0.788. The lowest BCUT2D eigenvalue weighted by atomic mass is 9.86. The molecular weight excluding hydrogens is 323 g/mol. The number of para-hydroxylation sites is 1. The van der Waals surface area contributed by atoms with Gasteiger partial charge in [-0.25, -0.2) is 4.39 Å². The van der Waals surface area contributed by atoms with Gasteiger partial charge in [-0.05, 0) is 24.5 Å². The highest BCUT2D eigenvalue weighted by Crippen LogP contribution is 2.37. The monoisotopic (exact) mass is 348 g/mol. The van der Waals surface area contributed by atoms with Crippen molar-refractivity contribution in [2.24, 2.45) is 10.4 Å². The molecule has 0 N–H and O–H groups in total. The smallest absolute Gasteiger partial charge is 0.165 e. The van der Waals surface area contributed by atoms with Crippen LogP contribution in [0.5, 0.6) is 5.75 Å². The number of halogens is 1. The fourth-order valence-electron chi connectivity index (χ4n) is 2.82. The van der Waals surface area contributed by atoms with Gasteiger partial charge in [0.25, 0.3) is 0 Å². The lowest BCUT2D eigenvalue weighted by Gasteiger charge is -2.39. The summed E-state index contributed by atoms with van der Waals surface area (Å²) in [5, 5.41) is 0.00995. The highest BCUT2D eigenvalue weighted by Gasteiger charge is 2.32. The summed E-state index contributed by atoms with van der Waals surface area (Å²) in [6, 6.07) is 6.98. The topological polar surface area (TPSA) is 24.8 Å². The van der Waals surface area contributed by atoms with E-state index in [0.717, 1.165) is 13.0 Å². The van der Waals surface area contributed by atoms with Gasteiger partial charge >= 0.3 is 0 Å². The molecule has 0 spiro atoms. The molecule has 2 atom stereocenters. The molecule has 2 heterocycles. The molecule has 1 unspecified atom stereocenters. The Hall–Kier alpha value is -1.49. The summed E-state index contributed by atoms with van der Waals surface area (Å²) in [5.41, 5.74) is 1.40. The van der Waals surface area contributed by atoms with Crippen molar-refractivity contribution >= 4 is 17.5 Å². The first kappa shape index (κ1) is 17.3. The lowest BCUT2D eigenvalue weighted by Crippen LogP contribution is -2.41. The van der Waals surface area contributed by atoms with Crippen molar-refractivity contribution in [3.8, 4) is 5.75 Å². The van der Waals surface area contributed by atoms with E-state index >= 15 is 0 Å². The van der Waals surface area contributed by atoms with E-state index < -0.39 is 0 Å². The van der Waals surface area contributed by atoms with Gasteiger partial charge in [0.2, 0.25) is 0 Å². The molecule has 2 aliphatic rings. The number of hydrogen-bond donors (Lipinski definition) is 0. The summed E-state index contributed by atoms with van der Waals surface area (Å²) >= 11 is 1.72. The summed E-state index contributed by atoms with van der Waals surface area (Å²) in [6.45, 7) is 10.5. The molecular formula is C19H25FN2OS. The number of hydrogen-bond acceptors (Lipinski definition) is 4. The van der Waals surface area contributed by atoms with Crippen LogP contribution in [-0.4, -0.2) is 35.2 Å². The molecule has 0 saturated carbocycles. The molecule has 0 amide bonds. The number of thioether (sulfide) groups is 1. The zero-order chi connectivity index (χ0) is 17.3. The number of ether oxygens (including phenoxy) is 1. The molecule has 0 aromatic heterocycles. The molecule has 1 aromatic carbocycles. The predicted octanol–water partition coefficient (Wildman–Crippen LogP) is 4.70. The molecule has 130 valence electrons.